The van der Waals surface area contributed by atoms with Gasteiger partial charge in [-0.3, -0.25) is 4.79 Å². The van der Waals surface area contributed by atoms with Crippen LogP contribution in [-0.2, 0) is 0 Å². The molecule has 6 rings (SSSR count). The van der Waals surface area contributed by atoms with E-state index in [0.29, 0.717) is 28.9 Å². The topological polar surface area (TPSA) is 139 Å². The van der Waals surface area contributed by atoms with Crippen molar-refractivity contribution in [1.29, 1.82) is 0 Å². The smallest absolute Gasteiger partial charge is 0.272 e. The number of nitrogens with zero attached hydrogens (tertiary/aromatic N) is 6. The third kappa shape index (κ3) is 5.04. The predicted molar refractivity (Wildman–Crippen MR) is 148 cm³/mol. The lowest BCUT2D eigenvalue weighted by Gasteiger charge is -2.55. The molecule has 5 N–H and O–H groups in total. The summed E-state index contributed by atoms with van der Waals surface area (Å²) in [5.74, 6) is 1.22. The Bertz CT molecular complexity index is 1250. The quantitative estimate of drug-likeness (QED) is 0.282. The van der Waals surface area contributed by atoms with E-state index in [0.717, 1.165) is 94.6 Å². The Morgan fingerprint density at radius 2 is 1.89 bits per heavy atom. The molecule has 0 aromatic carbocycles. The average molecular weight is 519 g/mol. The molecule has 3 aromatic rings. The number of rotatable bonds is 11. The standard InChI is InChI=1S/C27H38N10O/c28-11-5-1-2-6-12-30-26-34-23(22-24(35-26)37(18-32-22)20-7-3-4-8-20)33-19-9-10-21(31-13-19)25(38)36-16-27(17-36)14-29-15-27/h9-10,13,18,20,29H,1-8,11-12,14-17,28H2,(H2,30,33,34,35). The maximum atomic E-state index is 12.8. The van der Waals surface area contributed by atoms with Crippen LogP contribution in [-0.4, -0.2) is 74.6 Å². The number of pyridine rings is 1. The Morgan fingerprint density at radius 3 is 2.61 bits per heavy atom. The Labute approximate surface area is 223 Å². The zero-order valence-corrected chi connectivity index (χ0v) is 22.0. The summed E-state index contributed by atoms with van der Waals surface area (Å²) in [6.45, 7) is 5.18. The summed E-state index contributed by atoms with van der Waals surface area (Å²) < 4.78 is 2.21. The minimum atomic E-state index is -0.00763. The van der Waals surface area contributed by atoms with Crippen LogP contribution in [0.2, 0.25) is 0 Å². The van der Waals surface area contributed by atoms with E-state index < -0.39 is 0 Å². The fourth-order valence-electron chi connectivity index (χ4n) is 5.86. The molecule has 11 heteroatoms. The third-order valence-corrected chi connectivity index (χ3v) is 8.14. The van der Waals surface area contributed by atoms with Crippen molar-refractivity contribution in [2.24, 2.45) is 11.1 Å². The lowest BCUT2D eigenvalue weighted by Crippen LogP contribution is -2.71. The van der Waals surface area contributed by atoms with Crippen molar-refractivity contribution in [3.63, 3.8) is 0 Å². The number of hydrogen-bond donors (Lipinski definition) is 4. The molecule has 0 unspecified atom stereocenters. The Hall–Kier alpha value is -3.31. The highest BCUT2D eigenvalue weighted by Gasteiger charge is 2.49. The number of amides is 1. The summed E-state index contributed by atoms with van der Waals surface area (Å²) in [6.07, 6.45) is 12.7. The van der Waals surface area contributed by atoms with Gasteiger partial charge in [0.25, 0.3) is 5.91 Å². The molecule has 11 nitrogen and oxygen atoms in total. The lowest BCUT2D eigenvalue weighted by molar-refractivity contribution is -0.0251. The van der Waals surface area contributed by atoms with Gasteiger partial charge in [0.2, 0.25) is 5.95 Å². The van der Waals surface area contributed by atoms with E-state index in [1.165, 1.54) is 12.8 Å². The molecule has 3 fully saturated rings. The van der Waals surface area contributed by atoms with Gasteiger partial charge in [0.15, 0.2) is 17.0 Å². The number of unbranched alkanes of at least 4 members (excludes halogenated alkanes) is 3. The summed E-state index contributed by atoms with van der Waals surface area (Å²) in [5, 5.41) is 10.1. The highest BCUT2D eigenvalue weighted by molar-refractivity contribution is 5.93. The molecule has 3 aromatic heterocycles. The van der Waals surface area contributed by atoms with Crippen molar-refractivity contribution in [3.05, 3.63) is 30.4 Å². The summed E-state index contributed by atoms with van der Waals surface area (Å²) in [6, 6.07) is 4.09. The van der Waals surface area contributed by atoms with Gasteiger partial charge in [-0.1, -0.05) is 25.7 Å². The number of likely N-dealkylation sites (tertiary alicyclic amines) is 1. The van der Waals surface area contributed by atoms with Crippen LogP contribution in [0, 0.1) is 5.41 Å². The van der Waals surface area contributed by atoms with Crippen molar-refractivity contribution in [1.82, 2.24) is 34.7 Å². The van der Waals surface area contributed by atoms with Crippen LogP contribution >= 0.6 is 0 Å². The minimum Gasteiger partial charge on any atom is -0.354 e. The van der Waals surface area contributed by atoms with Gasteiger partial charge in [0.05, 0.1) is 18.2 Å². The van der Waals surface area contributed by atoms with Crippen molar-refractivity contribution < 1.29 is 4.79 Å². The zero-order valence-electron chi connectivity index (χ0n) is 22.0. The fraction of sp³-hybridized carbons (Fsp3) is 0.593. The second-order valence-corrected chi connectivity index (χ2v) is 11.1. The van der Waals surface area contributed by atoms with E-state index in [2.05, 4.69) is 25.5 Å². The van der Waals surface area contributed by atoms with E-state index in [4.69, 9.17) is 20.7 Å². The Balaban J connectivity index is 1.18. The first-order valence-electron chi connectivity index (χ1n) is 14.1. The number of nitrogens with one attached hydrogen (secondary N) is 3. The van der Waals surface area contributed by atoms with E-state index in [9.17, 15) is 4.79 Å². The van der Waals surface area contributed by atoms with E-state index >= 15 is 0 Å². The molecule has 0 atom stereocenters. The Morgan fingerprint density at radius 1 is 1.08 bits per heavy atom. The number of nitrogens with two attached hydrogens (primary N) is 1. The van der Waals surface area contributed by atoms with Crippen LogP contribution in [0.5, 0.6) is 0 Å². The summed E-state index contributed by atoms with van der Waals surface area (Å²) >= 11 is 0. The van der Waals surface area contributed by atoms with Gasteiger partial charge in [-0.25, -0.2) is 9.97 Å². The van der Waals surface area contributed by atoms with Crippen molar-refractivity contribution in [3.8, 4) is 0 Å². The van der Waals surface area contributed by atoms with Crippen LogP contribution in [0.3, 0.4) is 0 Å². The molecular formula is C27H38N10O. The van der Waals surface area contributed by atoms with Crippen molar-refractivity contribution in [2.75, 3.05) is 49.9 Å². The Kier molecular flexibility index (Phi) is 7.12. The maximum absolute atomic E-state index is 12.8. The molecule has 38 heavy (non-hydrogen) atoms. The molecular weight excluding hydrogens is 480 g/mol. The molecule has 1 saturated carbocycles. The SMILES string of the molecule is NCCCCCCNc1nc(Nc2ccc(C(=O)N3CC4(CNC4)C3)nc2)c2ncn(C3CCCC3)c2n1. The maximum Gasteiger partial charge on any atom is 0.272 e. The number of anilines is 3. The number of imidazole rings is 1. The fourth-order valence-corrected chi connectivity index (χ4v) is 5.86. The molecule has 0 radical (unpaired) electrons. The number of carbonyl (C=O) groups excluding carboxylic acids is 1. The number of carbonyl (C=O) groups is 1. The second kappa shape index (κ2) is 10.8. The van der Waals surface area contributed by atoms with Crippen LogP contribution < -0.4 is 21.7 Å². The second-order valence-electron chi connectivity index (χ2n) is 11.1. The third-order valence-electron chi connectivity index (χ3n) is 8.14. The normalized spacial score (nSPS) is 18.5. The predicted octanol–water partition coefficient (Wildman–Crippen LogP) is 3.06. The molecule has 1 aliphatic carbocycles. The molecule has 202 valence electrons. The van der Waals surface area contributed by atoms with Gasteiger partial charge in [-0.15, -0.1) is 0 Å². The van der Waals surface area contributed by atoms with Crippen molar-refractivity contribution >= 4 is 34.5 Å². The van der Waals surface area contributed by atoms with Crippen molar-refractivity contribution in [2.45, 2.75) is 57.4 Å². The number of hydrogen-bond acceptors (Lipinski definition) is 9. The first kappa shape index (κ1) is 25.0. The van der Waals surface area contributed by atoms with Gasteiger partial charge in [-0.05, 0) is 44.4 Å². The van der Waals surface area contributed by atoms with Gasteiger partial charge < -0.3 is 31.2 Å². The van der Waals surface area contributed by atoms with E-state index in [1.807, 2.05) is 17.3 Å². The van der Waals surface area contributed by atoms with E-state index in [-0.39, 0.29) is 5.91 Å². The highest BCUT2D eigenvalue weighted by Crippen LogP contribution is 2.35. The first-order chi connectivity index (χ1) is 18.6. The molecule has 2 saturated heterocycles. The van der Waals surface area contributed by atoms with Gasteiger partial charge in [-0.2, -0.15) is 9.97 Å². The molecule has 5 heterocycles. The van der Waals surface area contributed by atoms with Crippen LogP contribution in [0.15, 0.2) is 24.7 Å². The lowest BCUT2D eigenvalue weighted by atomic mass is 9.74. The van der Waals surface area contributed by atoms with Gasteiger partial charge in [0, 0.05) is 44.2 Å². The van der Waals surface area contributed by atoms with Gasteiger partial charge in [0.1, 0.15) is 5.69 Å². The monoisotopic (exact) mass is 518 g/mol. The zero-order chi connectivity index (χ0) is 26.0. The molecule has 2 aliphatic heterocycles. The van der Waals surface area contributed by atoms with E-state index in [1.54, 1.807) is 12.3 Å². The van der Waals surface area contributed by atoms with Crippen LogP contribution in [0.1, 0.15) is 67.9 Å². The number of fused-ring (bicyclic) bond motifs is 1. The largest absolute Gasteiger partial charge is 0.354 e. The van der Waals surface area contributed by atoms with Gasteiger partial charge >= 0.3 is 0 Å². The first-order valence-corrected chi connectivity index (χ1v) is 14.1. The molecule has 1 spiro atoms. The molecule has 3 aliphatic rings. The number of aromatic nitrogens is 5. The van der Waals surface area contributed by atoms with Crippen LogP contribution in [0.25, 0.3) is 11.2 Å². The molecule has 0 bridgehead atoms. The molecule has 1 amide bonds. The average Bonchev–Trinajstić information content (AvgIpc) is 3.55. The summed E-state index contributed by atoms with van der Waals surface area (Å²) in [7, 11) is 0. The van der Waals surface area contributed by atoms with Crippen LogP contribution in [0.4, 0.5) is 17.5 Å². The summed E-state index contributed by atoms with van der Waals surface area (Å²) in [4.78, 5) is 33.5. The highest BCUT2D eigenvalue weighted by atomic mass is 16.2. The summed E-state index contributed by atoms with van der Waals surface area (Å²) in [5.41, 5.74) is 8.72. The minimum absolute atomic E-state index is 0.00763.